The average molecular weight is 318 g/mol. The molecule has 0 saturated carbocycles. The van der Waals surface area contributed by atoms with E-state index in [1.165, 1.54) is 0 Å². The van der Waals surface area contributed by atoms with E-state index in [1.807, 2.05) is 0 Å². The van der Waals surface area contributed by atoms with Crippen LogP contribution in [-0.4, -0.2) is 31.2 Å². The second-order valence-corrected chi connectivity index (χ2v) is 4.68. The van der Waals surface area contributed by atoms with Gasteiger partial charge >= 0.3 is 6.09 Å². The highest BCUT2D eigenvalue weighted by molar-refractivity contribution is 6.04. The number of nitrogens with one attached hydrogen (secondary N) is 1. The molecule has 5 N–H and O–H groups in total. The summed E-state index contributed by atoms with van der Waals surface area (Å²) in [6.07, 6.45) is 1.42. The quantitative estimate of drug-likeness (QED) is 0.567. The number of nitrogens with two attached hydrogens (primary N) is 2. The first-order valence-corrected chi connectivity index (χ1v) is 7.05. The third-order valence-electron chi connectivity index (χ3n) is 3.01. The number of ether oxygens (including phenoxy) is 2. The zero-order valence-corrected chi connectivity index (χ0v) is 12.7. The smallest absolute Gasteiger partial charge is 0.411 e. The average Bonchev–Trinajstić information content (AvgIpc) is 2.70. The third-order valence-corrected chi connectivity index (χ3v) is 3.01. The van der Waals surface area contributed by atoms with E-state index in [2.05, 4.69) is 10.3 Å². The number of guanidine groups is 1. The van der Waals surface area contributed by atoms with Crippen molar-refractivity contribution in [3.05, 3.63) is 29.3 Å². The van der Waals surface area contributed by atoms with Crippen molar-refractivity contribution in [2.24, 2.45) is 16.5 Å². The molecule has 0 spiro atoms. The molecule has 23 heavy (non-hydrogen) atoms. The lowest BCUT2D eigenvalue weighted by atomic mass is 10.1. The van der Waals surface area contributed by atoms with Crippen LogP contribution in [0.3, 0.4) is 0 Å². The van der Waals surface area contributed by atoms with Gasteiger partial charge < -0.3 is 20.9 Å². The minimum absolute atomic E-state index is 0.256. The molecule has 8 nitrogen and oxygen atoms in total. The number of rotatable bonds is 3. The van der Waals surface area contributed by atoms with Crippen molar-refractivity contribution in [2.45, 2.75) is 13.3 Å². The number of benzene rings is 1. The first-order valence-electron chi connectivity index (χ1n) is 7.05. The van der Waals surface area contributed by atoms with Crippen LogP contribution in [0.15, 0.2) is 28.8 Å². The summed E-state index contributed by atoms with van der Waals surface area (Å²) in [5, 5.41) is 2.61. The van der Waals surface area contributed by atoms with Gasteiger partial charge in [0.25, 0.3) is 5.91 Å². The Morgan fingerprint density at radius 1 is 1.39 bits per heavy atom. The normalized spacial score (nSPS) is 12.8. The van der Waals surface area contributed by atoms with E-state index in [9.17, 15) is 9.59 Å². The maximum absolute atomic E-state index is 12.0. The van der Waals surface area contributed by atoms with Crippen molar-refractivity contribution in [1.29, 1.82) is 0 Å². The van der Waals surface area contributed by atoms with Crippen molar-refractivity contribution < 1.29 is 19.1 Å². The van der Waals surface area contributed by atoms with Gasteiger partial charge in [-0.1, -0.05) is 12.1 Å². The molecule has 122 valence electrons. The molecule has 2 amide bonds. The molecule has 0 unspecified atom stereocenters. The SMILES string of the molecule is CCOC(=O)Nc1cccc2c1OCCC(C(=O)N=C(N)N)=C2. The van der Waals surface area contributed by atoms with Gasteiger partial charge in [-0.15, -0.1) is 0 Å². The topological polar surface area (TPSA) is 129 Å². The van der Waals surface area contributed by atoms with E-state index < -0.39 is 12.0 Å². The van der Waals surface area contributed by atoms with E-state index in [4.69, 9.17) is 20.9 Å². The van der Waals surface area contributed by atoms with E-state index in [0.717, 1.165) is 0 Å². The molecular weight excluding hydrogens is 300 g/mol. The molecule has 0 radical (unpaired) electrons. The van der Waals surface area contributed by atoms with Crippen molar-refractivity contribution in [3.63, 3.8) is 0 Å². The molecule has 0 aliphatic carbocycles. The van der Waals surface area contributed by atoms with E-state index in [1.54, 1.807) is 31.2 Å². The summed E-state index contributed by atoms with van der Waals surface area (Å²) in [4.78, 5) is 27.1. The molecule has 1 heterocycles. The van der Waals surface area contributed by atoms with Crippen LogP contribution in [0, 0.1) is 0 Å². The van der Waals surface area contributed by atoms with Crippen molar-refractivity contribution >= 4 is 29.7 Å². The number of aliphatic imine (C=N–C) groups is 1. The number of amides is 2. The van der Waals surface area contributed by atoms with Crippen LogP contribution in [-0.2, 0) is 9.53 Å². The van der Waals surface area contributed by atoms with Crippen LogP contribution in [0.2, 0.25) is 0 Å². The largest absolute Gasteiger partial charge is 0.490 e. The lowest BCUT2D eigenvalue weighted by Crippen LogP contribution is -2.24. The van der Waals surface area contributed by atoms with Gasteiger partial charge in [-0.3, -0.25) is 10.1 Å². The number of carbonyl (C=O) groups excluding carboxylic acids is 2. The third kappa shape index (κ3) is 4.22. The van der Waals surface area contributed by atoms with Gasteiger partial charge in [-0.25, -0.2) is 4.79 Å². The summed E-state index contributed by atoms with van der Waals surface area (Å²) in [6, 6.07) is 5.18. The number of anilines is 1. The number of hydrogen-bond donors (Lipinski definition) is 3. The van der Waals surface area contributed by atoms with Gasteiger partial charge in [0.15, 0.2) is 5.96 Å². The molecule has 0 saturated heterocycles. The lowest BCUT2D eigenvalue weighted by molar-refractivity contribution is -0.114. The highest BCUT2D eigenvalue weighted by Crippen LogP contribution is 2.33. The predicted octanol–water partition coefficient (Wildman–Crippen LogP) is 1.22. The first kappa shape index (κ1) is 16.3. The zero-order valence-electron chi connectivity index (χ0n) is 12.7. The molecule has 0 bridgehead atoms. The summed E-state index contributed by atoms with van der Waals surface area (Å²) < 4.78 is 10.5. The fourth-order valence-electron chi connectivity index (χ4n) is 2.09. The Balaban J connectivity index is 2.32. The summed E-state index contributed by atoms with van der Waals surface area (Å²) in [5.74, 6) is -0.336. The Labute approximate surface area is 133 Å². The Morgan fingerprint density at radius 2 is 2.17 bits per heavy atom. The number of carbonyl (C=O) groups is 2. The molecule has 1 aromatic carbocycles. The Bertz CT molecular complexity index is 678. The number of hydrogen-bond acceptors (Lipinski definition) is 4. The maximum atomic E-state index is 12.0. The molecule has 0 atom stereocenters. The van der Waals surface area contributed by atoms with Crippen LogP contribution in [0.4, 0.5) is 10.5 Å². The highest BCUT2D eigenvalue weighted by Gasteiger charge is 2.18. The Morgan fingerprint density at radius 3 is 2.87 bits per heavy atom. The number of fused-ring (bicyclic) bond motifs is 1. The molecule has 8 heteroatoms. The Kier molecular flexibility index (Phi) is 5.19. The molecule has 0 aromatic heterocycles. The molecule has 1 aliphatic rings. The van der Waals surface area contributed by atoms with E-state index in [0.29, 0.717) is 29.0 Å². The van der Waals surface area contributed by atoms with Gasteiger partial charge in [0.1, 0.15) is 5.75 Å². The standard InChI is InChI=1S/C15H18N4O4/c1-2-22-15(21)18-11-5-3-4-9-8-10(6-7-23-12(9)11)13(20)19-14(16)17/h3-5,8H,2,6-7H2,1H3,(H,18,21)(H4,16,17,19,20). The van der Waals surface area contributed by atoms with Crippen molar-refractivity contribution in [1.82, 2.24) is 0 Å². The fourth-order valence-corrected chi connectivity index (χ4v) is 2.09. The number of para-hydroxylation sites is 1. The molecule has 0 fully saturated rings. The van der Waals surface area contributed by atoms with Crippen LogP contribution in [0.25, 0.3) is 6.08 Å². The molecule has 1 aromatic rings. The summed E-state index contributed by atoms with van der Waals surface area (Å²) in [7, 11) is 0. The van der Waals surface area contributed by atoms with E-state index in [-0.39, 0.29) is 19.2 Å². The van der Waals surface area contributed by atoms with Gasteiger partial charge in [0, 0.05) is 17.6 Å². The van der Waals surface area contributed by atoms with Gasteiger partial charge in [0.05, 0.1) is 18.9 Å². The lowest BCUT2D eigenvalue weighted by Gasteiger charge is -2.13. The van der Waals surface area contributed by atoms with Gasteiger partial charge in [-0.2, -0.15) is 4.99 Å². The first-order chi connectivity index (χ1) is 11.0. The van der Waals surface area contributed by atoms with Crippen LogP contribution in [0.1, 0.15) is 18.9 Å². The van der Waals surface area contributed by atoms with Gasteiger partial charge in [-0.05, 0) is 19.1 Å². The minimum Gasteiger partial charge on any atom is -0.490 e. The minimum atomic E-state index is -0.575. The van der Waals surface area contributed by atoms with Crippen LogP contribution >= 0.6 is 0 Å². The number of nitrogens with zero attached hydrogens (tertiary/aromatic N) is 1. The monoisotopic (exact) mass is 318 g/mol. The van der Waals surface area contributed by atoms with Crippen molar-refractivity contribution in [2.75, 3.05) is 18.5 Å². The molecular formula is C15H18N4O4. The van der Waals surface area contributed by atoms with Crippen LogP contribution in [0.5, 0.6) is 5.75 Å². The summed E-state index contributed by atoms with van der Waals surface area (Å²) in [6.45, 7) is 2.23. The second kappa shape index (κ2) is 7.30. The maximum Gasteiger partial charge on any atom is 0.411 e. The second-order valence-electron chi connectivity index (χ2n) is 4.68. The van der Waals surface area contributed by atoms with Crippen LogP contribution < -0.4 is 21.5 Å². The summed E-state index contributed by atoms with van der Waals surface area (Å²) in [5.41, 5.74) is 12.0. The van der Waals surface area contributed by atoms with E-state index >= 15 is 0 Å². The summed E-state index contributed by atoms with van der Waals surface area (Å²) >= 11 is 0. The Hall–Kier alpha value is -3.03. The van der Waals surface area contributed by atoms with Crippen molar-refractivity contribution in [3.8, 4) is 5.75 Å². The molecule has 2 rings (SSSR count). The zero-order chi connectivity index (χ0) is 16.8. The highest BCUT2D eigenvalue weighted by atomic mass is 16.5. The fraction of sp³-hybridized carbons (Fsp3) is 0.267. The molecule has 1 aliphatic heterocycles. The predicted molar refractivity (Wildman–Crippen MR) is 86.0 cm³/mol. The van der Waals surface area contributed by atoms with Gasteiger partial charge in [0.2, 0.25) is 0 Å².